The lowest BCUT2D eigenvalue weighted by Gasteiger charge is -2.01. The summed E-state index contributed by atoms with van der Waals surface area (Å²) in [6.45, 7) is 0.707. The van der Waals surface area contributed by atoms with E-state index in [-0.39, 0.29) is 0 Å². The molecule has 0 bridgehead atoms. The quantitative estimate of drug-likeness (QED) is 0.839. The van der Waals surface area contributed by atoms with Crippen molar-refractivity contribution < 1.29 is 0 Å². The number of aryl methyl sites for hydroxylation is 2. The van der Waals surface area contributed by atoms with Crippen molar-refractivity contribution in [2.45, 2.75) is 12.8 Å². The van der Waals surface area contributed by atoms with Gasteiger partial charge >= 0.3 is 0 Å². The topological polar surface area (TPSA) is 56.7 Å². The van der Waals surface area contributed by atoms with E-state index >= 15 is 0 Å². The molecule has 2 heterocycles. The van der Waals surface area contributed by atoms with Crippen molar-refractivity contribution in [3.63, 3.8) is 0 Å². The maximum Gasteiger partial charge on any atom is 0.0568 e. The predicted molar refractivity (Wildman–Crippen MR) is 63.8 cm³/mol. The standard InChI is InChI=1S/C12H16N4/c1-16-9-11(8-15-16)10-4-6-14-12(7-10)3-2-5-13/h4,6-9H,2-3,5,13H2,1H3. The summed E-state index contributed by atoms with van der Waals surface area (Å²) in [5.74, 6) is 0. The first-order valence-electron chi connectivity index (χ1n) is 5.43. The molecule has 2 rings (SSSR count). The fraction of sp³-hybridized carbons (Fsp3) is 0.333. The van der Waals surface area contributed by atoms with Crippen molar-refractivity contribution in [2.75, 3.05) is 6.54 Å². The van der Waals surface area contributed by atoms with Gasteiger partial charge < -0.3 is 5.73 Å². The van der Waals surface area contributed by atoms with Crippen LogP contribution in [0.15, 0.2) is 30.7 Å². The molecule has 0 spiro atoms. The van der Waals surface area contributed by atoms with E-state index in [1.54, 1.807) is 4.68 Å². The molecule has 0 amide bonds. The van der Waals surface area contributed by atoms with E-state index < -0.39 is 0 Å². The SMILES string of the molecule is Cn1cc(-c2ccnc(CCCN)c2)cn1. The third kappa shape index (κ3) is 2.46. The minimum Gasteiger partial charge on any atom is -0.330 e. The zero-order valence-corrected chi connectivity index (χ0v) is 9.43. The Labute approximate surface area is 95.1 Å². The molecular weight excluding hydrogens is 200 g/mol. The zero-order chi connectivity index (χ0) is 11.4. The predicted octanol–water partition coefficient (Wildman–Crippen LogP) is 1.37. The first kappa shape index (κ1) is 10.8. The molecule has 0 saturated heterocycles. The van der Waals surface area contributed by atoms with Gasteiger partial charge in [-0.05, 0) is 37.1 Å². The van der Waals surface area contributed by atoms with Gasteiger partial charge in [0.2, 0.25) is 0 Å². The van der Waals surface area contributed by atoms with Crippen molar-refractivity contribution in [1.29, 1.82) is 0 Å². The monoisotopic (exact) mass is 216 g/mol. The van der Waals surface area contributed by atoms with Gasteiger partial charge in [-0.15, -0.1) is 0 Å². The Kier molecular flexibility index (Phi) is 3.31. The van der Waals surface area contributed by atoms with Crippen molar-refractivity contribution in [1.82, 2.24) is 14.8 Å². The van der Waals surface area contributed by atoms with Crippen molar-refractivity contribution in [3.8, 4) is 11.1 Å². The second kappa shape index (κ2) is 4.90. The lowest BCUT2D eigenvalue weighted by molar-refractivity contribution is 0.768. The molecule has 16 heavy (non-hydrogen) atoms. The van der Waals surface area contributed by atoms with E-state index in [2.05, 4.69) is 16.1 Å². The Balaban J connectivity index is 2.22. The maximum absolute atomic E-state index is 5.49. The highest BCUT2D eigenvalue weighted by Gasteiger charge is 2.02. The summed E-state index contributed by atoms with van der Waals surface area (Å²) in [6, 6.07) is 4.11. The molecule has 4 nitrogen and oxygen atoms in total. The smallest absolute Gasteiger partial charge is 0.0568 e. The van der Waals surface area contributed by atoms with Crippen LogP contribution >= 0.6 is 0 Å². The van der Waals surface area contributed by atoms with Crippen LogP contribution in [0.2, 0.25) is 0 Å². The third-order valence-corrected chi connectivity index (χ3v) is 2.49. The largest absolute Gasteiger partial charge is 0.330 e. The number of nitrogens with two attached hydrogens (primary N) is 1. The van der Waals surface area contributed by atoms with E-state index in [9.17, 15) is 0 Å². The fourth-order valence-electron chi connectivity index (χ4n) is 1.65. The molecule has 2 aromatic heterocycles. The molecule has 0 aliphatic carbocycles. The van der Waals surface area contributed by atoms with Gasteiger partial charge in [0, 0.05) is 30.7 Å². The third-order valence-electron chi connectivity index (χ3n) is 2.49. The molecule has 0 atom stereocenters. The van der Waals surface area contributed by atoms with Crippen LogP contribution in [0.4, 0.5) is 0 Å². The van der Waals surface area contributed by atoms with Crippen LogP contribution in [0, 0.1) is 0 Å². The van der Waals surface area contributed by atoms with Crippen LogP contribution in [0.1, 0.15) is 12.1 Å². The Morgan fingerprint density at radius 1 is 1.38 bits per heavy atom. The van der Waals surface area contributed by atoms with Crippen molar-refractivity contribution in [2.24, 2.45) is 12.8 Å². The Morgan fingerprint density at radius 2 is 2.25 bits per heavy atom. The average molecular weight is 216 g/mol. The number of pyridine rings is 1. The molecule has 0 unspecified atom stereocenters. The molecular formula is C12H16N4. The van der Waals surface area contributed by atoms with Crippen LogP contribution in [0.3, 0.4) is 0 Å². The molecule has 0 fully saturated rings. The normalized spacial score (nSPS) is 10.6. The summed E-state index contributed by atoms with van der Waals surface area (Å²) in [5, 5.41) is 4.16. The van der Waals surface area contributed by atoms with Crippen LogP contribution < -0.4 is 5.73 Å². The molecule has 0 aliphatic rings. The molecule has 2 aromatic rings. The molecule has 0 radical (unpaired) electrons. The van der Waals surface area contributed by atoms with Crippen LogP contribution in [0.25, 0.3) is 11.1 Å². The van der Waals surface area contributed by atoms with E-state index in [0.717, 1.165) is 29.7 Å². The molecule has 4 heteroatoms. The Morgan fingerprint density at radius 3 is 2.94 bits per heavy atom. The number of nitrogens with zero attached hydrogens (tertiary/aromatic N) is 3. The molecule has 0 aromatic carbocycles. The summed E-state index contributed by atoms with van der Waals surface area (Å²) in [7, 11) is 1.92. The molecule has 84 valence electrons. The lowest BCUT2D eigenvalue weighted by Crippen LogP contribution is -2.01. The second-order valence-corrected chi connectivity index (χ2v) is 3.83. The Hall–Kier alpha value is -1.68. The highest BCUT2D eigenvalue weighted by molar-refractivity contribution is 5.61. The van der Waals surface area contributed by atoms with E-state index in [1.807, 2.05) is 31.7 Å². The second-order valence-electron chi connectivity index (χ2n) is 3.83. The summed E-state index contributed by atoms with van der Waals surface area (Å²) >= 11 is 0. The van der Waals surface area contributed by atoms with Crippen molar-refractivity contribution in [3.05, 3.63) is 36.4 Å². The number of hydrogen-bond acceptors (Lipinski definition) is 3. The summed E-state index contributed by atoms with van der Waals surface area (Å²) < 4.78 is 1.80. The summed E-state index contributed by atoms with van der Waals surface area (Å²) in [6.07, 6.45) is 7.62. The molecule has 0 aliphatic heterocycles. The van der Waals surface area contributed by atoms with Gasteiger partial charge in [0.05, 0.1) is 6.20 Å². The van der Waals surface area contributed by atoms with Gasteiger partial charge in [-0.25, -0.2) is 0 Å². The maximum atomic E-state index is 5.49. The highest BCUT2D eigenvalue weighted by atomic mass is 15.2. The Bertz CT molecular complexity index is 462. The fourth-order valence-corrected chi connectivity index (χ4v) is 1.65. The van der Waals surface area contributed by atoms with E-state index in [0.29, 0.717) is 6.54 Å². The van der Waals surface area contributed by atoms with Gasteiger partial charge in [-0.3, -0.25) is 9.67 Å². The lowest BCUT2D eigenvalue weighted by atomic mass is 10.1. The van der Waals surface area contributed by atoms with Gasteiger partial charge in [-0.1, -0.05) is 0 Å². The van der Waals surface area contributed by atoms with Gasteiger partial charge in [0.15, 0.2) is 0 Å². The minimum atomic E-state index is 0.707. The summed E-state index contributed by atoms with van der Waals surface area (Å²) in [4.78, 5) is 4.33. The number of rotatable bonds is 4. The van der Waals surface area contributed by atoms with Crippen LogP contribution in [0.5, 0.6) is 0 Å². The van der Waals surface area contributed by atoms with E-state index in [4.69, 9.17) is 5.73 Å². The van der Waals surface area contributed by atoms with E-state index in [1.165, 1.54) is 0 Å². The minimum absolute atomic E-state index is 0.707. The van der Waals surface area contributed by atoms with Crippen LogP contribution in [-0.4, -0.2) is 21.3 Å². The van der Waals surface area contributed by atoms with Gasteiger partial charge in [0.1, 0.15) is 0 Å². The molecule has 0 saturated carbocycles. The van der Waals surface area contributed by atoms with Gasteiger partial charge in [-0.2, -0.15) is 5.10 Å². The first-order chi connectivity index (χ1) is 7.79. The number of hydrogen-bond donors (Lipinski definition) is 1. The zero-order valence-electron chi connectivity index (χ0n) is 9.43. The summed E-state index contributed by atoms with van der Waals surface area (Å²) in [5.41, 5.74) is 8.86. The highest BCUT2D eigenvalue weighted by Crippen LogP contribution is 2.18. The molecule has 2 N–H and O–H groups in total. The average Bonchev–Trinajstić information content (AvgIpc) is 2.74. The van der Waals surface area contributed by atoms with Gasteiger partial charge in [0.25, 0.3) is 0 Å². The first-order valence-corrected chi connectivity index (χ1v) is 5.43. The van der Waals surface area contributed by atoms with Crippen LogP contribution in [-0.2, 0) is 13.5 Å². The number of aromatic nitrogens is 3. The van der Waals surface area contributed by atoms with Crippen molar-refractivity contribution >= 4 is 0 Å².